The van der Waals surface area contributed by atoms with Crippen molar-refractivity contribution in [3.63, 3.8) is 0 Å². The molecule has 0 saturated heterocycles. The van der Waals surface area contributed by atoms with Gasteiger partial charge in [0.1, 0.15) is 29.3 Å². The molecule has 2 aromatic heterocycles. The Morgan fingerprint density at radius 1 is 1.14 bits per heavy atom. The van der Waals surface area contributed by atoms with Gasteiger partial charge in [-0.2, -0.15) is 0 Å². The van der Waals surface area contributed by atoms with Crippen molar-refractivity contribution in [2.45, 2.75) is 37.3 Å². The molecule has 37 heavy (non-hydrogen) atoms. The molecule has 1 aliphatic carbocycles. The smallest absolute Gasteiger partial charge is 0.196 e. The number of aliphatic hydroxyl groups is 1. The minimum absolute atomic E-state index is 0.136. The highest BCUT2D eigenvalue weighted by Crippen LogP contribution is 2.34. The van der Waals surface area contributed by atoms with Crippen LogP contribution >= 0.6 is 11.6 Å². The number of likely N-dealkylation sites (N-methyl/N-ethyl adjacent to an activating group) is 1. The Kier molecular flexibility index (Phi) is 7.15. The summed E-state index contributed by atoms with van der Waals surface area (Å²) >= 11 is 6.53. The first kappa shape index (κ1) is 25.2. The molecule has 5 rings (SSSR count). The number of aromatic nitrogens is 3. The van der Waals surface area contributed by atoms with E-state index in [2.05, 4.69) is 20.3 Å². The average molecular weight is 520 g/mol. The number of hydrogen-bond donors (Lipinski definition) is 3. The number of H-pyrrole nitrogens is 1. The molecule has 2 heterocycles. The number of aromatic amines is 1. The first-order chi connectivity index (χ1) is 17.8. The first-order valence-corrected chi connectivity index (χ1v) is 12.7. The second kappa shape index (κ2) is 10.5. The van der Waals surface area contributed by atoms with Gasteiger partial charge in [0.05, 0.1) is 21.6 Å². The molecule has 3 N–H and O–H groups in total. The zero-order valence-corrected chi connectivity index (χ0v) is 21.6. The molecule has 0 bridgehead atoms. The summed E-state index contributed by atoms with van der Waals surface area (Å²) in [7, 11) is 3.95. The molecule has 1 fully saturated rings. The molecule has 8 nitrogen and oxygen atoms in total. The van der Waals surface area contributed by atoms with Gasteiger partial charge in [0.25, 0.3) is 0 Å². The van der Waals surface area contributed by atoms with Gasteiger partial charge in [-0.05, 0) is 64.0 Å². The van der Waals surface area contributed by atoms with Crippen LogP contribution in [0.4, 0.5) is 5.82 Å². The Morgan fingerprint density at radius 2 is 1.89 bits per heavy atom. The Labute approximate surface area is 220 Å². The summed E-state index contributed by atoms with van der Waals surface area (Å²) in [6.45, 7) is 0.643. The number of nitrogens with one attached hydrogen (secondary N) is 2. The molecule has 0 radical (unpaired) electrons. The molecule has 4 aromatic rings. The van der Waals surface area contributed by atoms with E-state index in [1.54, 1.807) is 24.4 Å². The standard InChI is InChI=1S/C28H30ClN5O3/c1-34(2)16-28(36)12-10-18(11-13-28)33-27-24-22(15-30-26(24)31-17-32-27)25(35)21-9-8-20(14-23(21)29)37-19-6-4-3-5-7-19/h3-9,14-15,17-18,36H,10-13,16H2,1-2H3,(H2,30,31,32,33)/t18-,28-. The maximum atomic E-state index is 13.6. The van der Waals surface area contributed by atoms with Crippen LogP contribution in [0.15, 0.2) is 61.1 Å². The minimum Gasteiger partial charge on any atom is -0.457 e. The van der Waals surface area contributed by atoms with Crippen molar-refractivity contribution in [2.75, 3.05) is 26.0 Å². The average Bonchev–Trinajstić information content (AvgIpc) is 3.31. The minimum atomic E-state index is -0.676. The van der Waals surface area contributed by atoms with E-state index in [0.717, 1.165) is 12.8 Å². The Morgan fingerprint density at radius 3 is 2.59 bits per heavy atom. The van der Waals surface area contributed by atoms with Crippen LogP contribution in [0.1, 0.15) is 41.6 Å². The SMILES string of the molecule is CN(C)C[C@]1(O)CC[C@H](Nc2ncnc3[nH]cc(C(=O)c4ccc(Oc5ccccc5)cc4Cl)c23)CC1. The monoisotopic (exact) mass is 519 g/mol. The number of hydrogen-bond acceptors (Lipinski definition) is 7. The van der Waals surface area contributed by atoms with E-state index in [-0.39, 0.29) is 11.8 Å². The predicted molar refractivity (Wildman–Crippen MR) is 145 cm³/mol. The van der Waals surface area contributed by atoms with E-state index in [4.69, 9.17) is 16.3 Å². The lowest BCUT2D eigenvalue weighted by molar-refractivity contribution is -0.0183. The molecule has 0 amide bonds. The number of para-hydroxylation sites is 1. The summed E-state index contributed by atoms with van der Waals surface area (Å²) in [5, 5.41) is 15.3. The highest BCUT2D eigenvalue weighted by molar-refractivity contribution is 6.35. The summed E-state index contributed by atoms with van der Waals surface area (Å²) in [5.74, 6) is 1.59. The van der Waals surface area contributed by atoms with Crippen LogP contribution in [0.5, 0.6) is 11.5 Å². The summed E-state index contributed by atoms with van der Waals surface area (Å²) in [5.41, 5.74) is 0.701. The van der Waals surface area contributed by atoms with Gasteiger partial charge in [0.15, 0.2) is 5.78 Å². The molecule has 0 aliphatic heterocycles. The van der Waals surface area contributed by atoms with Gasteiger partial charge in [0, 0.05) is 30.4 Å². The second-order valence-corrected chi connectivity index (χ2v) is 10.3. The Bertz CT molecular complexity index is 1400. The van der Waals surface area contributed by atoms with Crippen molar-refractivity contribution in [1.29, 1.82) is 0 Å². The zero-order valence-electron chi connectivity index (χ0n) is 20.9. The highest BCUT2D eigenvalue weighted by atomic mass is 35.5. The predicted octanol–water partition coefficient (Wildman–Crippen LogP) is 5.28. The van der Waals surface area contributed by atoms with Gasteiger partial charge >= 0.3 is 0 Å². The van der Waals surface area contributed by atoms with Crippen molar-refractivity contribution < 1.29 is 14.6 Å². The lowest BCUT2D eigenvalue weighted by Gasteiger charge is -2.38. The van der Waals surface area contributed by atoms with Gasteiger partial charge in [-0.3, -0.25) is 4.79 Å². The molecule has 0 atom stereocenters. The Balaban J connectivity index is 1.36. The van der Waals surface area contributed by atoms with Crippen molar-refractivity contribution in [3.05, 3.63) is 77.2 Å². The van der Waals surface area contributed by atoms with Gasteiger partial charge in [-0.15, -0.1) is 0 Å². The largest absolute Gasteiger partial charge is 0.457 e. The lowest BCUT2D eigenvalue weighted by Crippen LogP contribution is -2.45. The van der Waals surface area contributed by atoms with Crippen LogP contribution in [-0.2, 0) is 0 Å². The number of ether oxygens (including phenoxy) is 1. The van der Waals surface area contributed by atoms with Crippen LogP contribution in [0.2, 0.25) is 5.02 Å². The first-order valence-electron chi connectivity index (χ1n) is 12.3. The normalized spacial score (nSPS) is 19.8. The summed E-state index contributed by atoms with van der Waals surface area (Å²) in [6.07, 6.45) is 6.13. The molecule has 192 valence electrons. The Hall–Kier alpha value is -3.46. The van der Waals surface area contributed by atoms with E-state index in [0.29, 0.717) is 63.9 Å². The highest BCUT2D eigenvalue weighted by Gasteiger charge is 2.34. The maximum absolute atomic E-state index is 13.6. The molecule has 0 spiro atoms. The number of rotatable bonds is 8. The zero-order chi connectivity index (χ0) is 26.0. The summed E-state index contributed by atoms with van der Waals surface area (Å²) < 4.78 is 5.84. The lowest BCUT2D eigenvalue weighted by atomic mass is 9.82. The fraction of sp³-hybridized carbons (Fsp3) is 0.321. The van der Waals surface area contributed by atoms with Crippen molar-refractivity contribution >= 4 is 34.2 Å². The fourth-order valence-corrected chi connectivity index (χ4v) is 5.26. The van der Waals surface area contributed by atoms with Crippen molar-refractivity contribution in [2.24, 2.45) is 0 Å². The van der Waals surface area contributed by atoms with Gasteiger partial charge < -0.3 is 25.0 Å². The number of fused-ring (bicyclic) bond motifs is 1. The summed E-state index contributed by atoms with van der Waals surface area (Å²) in [4.78, 5) is 27.5. The molecule has 1 saturated carbocycles. The number of benzene rings is 2. The van der Waals surface area contributed by atoms with E-state index in [1.807, 2.05) is 49.3 Å². The van der Waals surface area contributed by atoms with Crippen molar-refractivity contribution in [1.82, 2.24) is 19.9 Å². The van der Waals surface area contributed by atoms with E-state index >= 15 is 0 Å². The molecule has 1 aliphatic rings. The van der Waals surface area contributed by atoms with Gasteiger partial charge in [-0.25, -0.2) is 9.97 Å². The van der Waals surface area contributed by atoms with Gasteiger partial charge in [0.2, 0.25) is 0 Å². The van der Waals surface area contributed by atoms with Crippen LogP contribution in [0.3, 0.4) is 0 Å². The topological polar surface area (TPSA) is 103 Å². The van der Waals surface area contributed by atoms with Crippen LogP contribution in [0, 0.1) is 0 Å². The van der Waals surface area contributed by atoms with E-state index in [9.17, 15) is 9.90 Å². The quantitative estimate of drug-likeness (QED) is 0.272. The number of nitrogens with zero attached hydrogens (tertiary/aromatic N) is 3. The van der Waals surface area contributed by atoms with E-state index in [1.165, 1.54) is 6.33 Å². The third kappa shape index (κ3) is 5.61. The molecule has 2 aromatic carbocycles. The third-order valence-electron chi connectivity index (χ3n) is 6.75. The molecular formula is C28H30ClN5O3. The fourth-order valence-electron chi connectivity index (χ4n) is 5.00. The van der Waals surface area contributed by atoms with Crippen LogP contribution in [0.25, 0.3) is 11.0 Å². The van der Waals surface area contributed by atoms with Crippen LogP contribution in [-0.4, -0.2) is 63.0 Å². The second-order valence-electron chi connectivity index (χ2n) is 9.91. The van der Waals surface area contributed by atoms with E-state index < -0.39 is 5.60 Å². The number of ketones is 1. The third-order valence-corrected chi connectivity index (χ3v) is 7.06. The maximum Gasteiger partial charge on any atom is 0.196 e. The van der Waals surface area contributed by atoms with Crippen molar-refractivity contribution in [3.8, 4) is 11.5 Å². The van der Waals surface area contributed by atoms with Gasteiger partial charge in [-0.1, -0.05) is 29.8 Å². The van der Waals surface area contributed by atoms with Crippen LogP contribution < -0.4 is 10.1 Å². The number of carbonyl (C=O) groups is 1. The molecule has 9 heteroatoms. The number of halogens is 1. The molecular weight excluding hydrogens is 490 g/mol. The number of anilines is 1. The summed E-state index contributed by atoms with van der Waals surface area (Å²) in [6, 6.07) is 14.6. The number of carbonyl (C=O) groups excluding carboxylic acids is 1. The molecule has 0 unspecified atom stereocenters.